The lowest BCUT2D eigenvalue weighted by Gasteiger charge is -2.40. The standard InChI is InChI=1S/C49H91NO8/c1-3-5-7-9-11-13-15-16-17-18-19-20-21-22-23-24-25-26-27-28-29-30-32-34-36-38-43(52)42(41-57-49-48(56)47(55)46(54)44(40-51)58-49)50-45(53)39-37-35-33-31-14-12-10-8-6-4-2/h25-26,29-30,36,38,42-44,46-49,51-52,54-56H,3-24,27-28,31-35,37,39-41H2,1-2H3,(H,50,53)/b26-25+,30-29+,38-36+. The maximum absolute atomic E-state index is 12.9. The van der Waals surface area contributed by atoms with Gasteiger partial charge in [0.2, 0.25) is 5.91 Å². The van der Waals surface area contributed by atoms with Gasteiger partial charge in [0.1, 0.15) is 24.4 Å². The van der Waals surface area contributed by atoms with Gasteiger partial charge in [-0.1, -0.05) is 198 Å². The molecule has 0 radical (unpaired) electrons. The van der Waals surface area contributed by atoms with Crippen LogP contribution in [-0.2, 0) is 14.3 Å². The molecule has 1 heterocycles. The number of aliphatic hydroxyl groups excluding tert-OH is 5. The van der Waals surface area contributed by atoms with Crippen LogP contribution in [0.3, 0.4) is 0 Å². The molecular formula is C49H91NO8. The zero-order valence-corrected chi connectivity index (χ0v) is 37.3. The second-order valence-electron chi connectivity index (χ2n) is 16.9. The smallest absolute Gasteiger partial charge is 0.220 e. The number of nitrogens with one attached hydrogen (secondary N) is 1. The number of aliphatic hydroxyl groups is 5. The van der Waals surface area contributed by atoms with Crippen molar-refractivity contribution in [3.8, 4) is 0 Å². The van der Waals surface area contributed by atoms with Crippen LogP contribution in [0.2, 0.25) is 0 Å². The highest BCUT2D eigenvalue weighted by atomic mass is 16.7. The molecule has 1 saturated heterocycles. The first-order valence-corrected chi connectivity index (χ1v) is 24.2. The molecule has 0 saturated carbocycles. The van der Waals surface area contributed by atoms with Crippen LogP contribution in [0.4, 0.5) is 0 Å². The highest BCUT2D eigenvalue weighted by molar-refractivity contribution is 5.76. The lowest BCUT2D eigenvalue weighted by Crippen LogP contribution is -2.60. The number of ether oxygens (including phenoxy) is 2. The molecule has 0 aromatic heterocycles. The second kappa shape index (κ2) is 39.5. The molecule has 58 heavy (non-hydrogen) atoms. The van der Waals surface area contributed by atoms with Gasteiger partial charge >= 0.3 is 0 Å². The van der Waals surface area contributed by atoms with E-state index in [9.17, 15) is 30.3 Å². The molecule has 0 aromatic rings. The van der Waals surface area contributed by atoms with Crippen molar-refractivity contribution in [1.29, 1.82) is 0 Å². The van der Waals surface area contributed by atoms with Crippen LogP contribution < -0.4 is 5.32 Å². The number of allylic oxidation sites excluding steroid dienone is 5. The Kier molecular flexibility index (Phi) is 37.1. The van der Waals surface area contributed by atoms with Crippen LogP contribution in [-0.4, -0.2) is 87.5 Å². The molecule has 1 rings (SSSR count). The number of carbonyl (C=O) groups is 1. The lowest BCUT2D eigenvalue weighted by molar-refractivity contribution is -0.302. The van der Waals surface area contributed by atoms with Crippen molar-refractivity contribution >= 4 is 5.91 Å². The molecule has 1 amide bonds. The van der Waals surface area contributed by atoms with E-state index in [1.165, 1.54) is 148 Å². The van der Waals surface area contributed by atoms with E-state index in [0.29, 0.717) is 6.42 Å². The number of unbranched alkanes of at least 4 members (excludes halogenated alkanes) is 26. The van der Waals surface area contributed by atoms with Crippen LogP contribution in [0.15, 0.2) is 36.5 Å². The maximum atomic E-state index is 12.9. The van der Waals surface area contributed by atoms with E-state index in [0.717, 1.165) is 44.9 Å². The van der Waals surface area contributed by atoms with E-state index >= 15 is 0 Å². The molecule has 0 aromatic carbocycles. The topological polar surface area (TPSA) is 149 Å². The van der Waals surface area contributed by atoms with Crippen molar-refractivity contribution in [3.63, 3.8) is 0 Å². The van der Waals surface area contributed by atoms with Crippen molar-refractivity contribution in [2.24, 2.45) is 0 Å². The molecule has 1 fully saturated rings. The summed E-state index contributed by atoms with van der Waals surface area (Å²) in [6, 6.07) is -0.823. The predicted molar refractivity (Wildman–Crippen MR) is 240 cm³/mol. The molecule has 340 valence electrons. The third kappa shape index (κ3) is 29.6. The van der Waals surface area contributed by atoms with Crippen molar-refractivity contribution in [1.82, 2.24) is 5.32 Å². The van der Waals surface area contributed by atoms with Gasteiger partial charge in [-0.05, 0) is 44.9 Å². The summed E-state index contributed by atoms with van der Waals surface area (Å²) in [5, 5.41) is 54.1. The minimum atomic E-state index is -1.57. The zero-order valence-electron chi connectivity index (χ0n) is 37.3. The van der Waals surface area contributed by atoms with Gasteiger partial charge in [-0.15, -0.1) is 0 Å². The monoisotopic (exact) mass is 822 g/mol. The Morgan fingerprint density at radius 2 is 0.983 bits per heavy atom. The molecule has 7 unspecified atom stereocenters. The van der Waals surface area contributed by atoms with Crippen LogP contribution in [0.25, 0.3) is 0 Å². The molecule has 6 N–H and O–H groups in total. The Hall–Kier alpha value is -1.59. The van der Waals surface area contributed by atoms with Crippen molar-refractivity contribution in [2.75, 3.05) is 13.2 Å². The SMILES string of the molecule is CCCCCCCCCCCCCCCCC/C=C/CC/C=C/CC/C=C/C(O)C(COC1OC(CO)C(O)C(O)C1O)NC(=O)CCCCCCCCCCCC. The molecular weight excluding hydrogens is 731 g/mol. The van der Waals surface area contributed by atoms with Gasteiger partial charge in [-0.3, -0.25) is 4.79 Å². The summed E-state index contributed by atoms with van der Waals surface area (Å²) >= 11 is 0. The third-order valence-electron chi connectivity index (χ3n) is 11.4. The lowest BCUT2D eigenvalue weighted by atomic mass is 9.99. The second-order valence-corrected chi connectivity index (χ2v) is 16.9. The number of carbonyl (C=O) groups excluding carboxylic acids is 1. The van der Waals surface area contributed by atoms with E-state index in [1.807, 2.05) is 6.08 Å². The van der Waals surface area contributed by atoms with Crippen LogP contribution in [0.1, 0.15) is 213 Å². The summed E-state index contributed by atoms with van der Waals surface area (Å²) in [6.45, 7) is 3.74. The van der Waals surface area contributed by atoms with E-state index in [2.05, 4.69) is 43.5 Å². The number of hydrogen-bond acceptors (Lipinski definition) is 8. The first-order chi connectivity index (χ1) is 28.3. The Morgan fingerprint density at radius 1 is 0.569 bits per heavy atom. The first-order valence-electron chi connectivity index (χ1n) is 24.2. The quantitative estimate of drug-likeness (QED) is 0.0264. The van der Waals surface area contributed by atoms with Crippen molar-refractivity contribution in [2.45, 2.75) is 256 Å². The minimum absolute atomic E-state index is 0.193. The Morgan fingerprint density at radius 3 is 1.45 bits per heavy atom. The summed E-state index contributed by atoms with van der Waals surface area (Å²) in [7, 11) is 0. The van der Waals surface area contributed by atoms with Gasteiger partial charge in [0.25, 0.3) is 0 Å². The molecule has 0 bridgehead atoms. The summed E-state index contributed by atoms with van der Waals surface area (Å²) in [5.41, 5.74) is 0. The first kappa shape index (κ1) is 54.4. The van der Waals surface area contributed by atoms with E-state index in [-0.39, 0.29) is 12.5 Å². The molecule has 7 atom stereocenters. The third-order valence-corrected chi connectivity index (χ3v) is 11.4. The fraction of sp³-hybridized carbons (Fsp3) is 0.857. The van der Waals surface area contributed by atoms with Crippen LogP contribution in [0.5, 0.6) is 0 Å². The van der Waals surface area contributed by atoms with Gasteiger partial charge < -0.3 is 40.3 Å². The van der Waals surface area contributed by atoms with Gasteiger partial charge in [0, 0.05) is 6.42 Å². The molecule has 9 nitrogen and oxygen atoms in total. The van der Waals surface area contributed by atoms with E-state index in [4.69, 9.17) is 9.47 Å². The van der Waals surface area contributed by atoms with Gasteiger partial charge in [0.05, 0.1) is 25.4 Å². The molecule has 0 spiro atoms. The maximum Gasteiger partial charge on any atom is 0.220 e. The summed E-state index contributed by atoms with van der Waals surface area (Å²) < 4.78 is 11.2. The summed E-state index contributed by atoms with van der Waals surface area (Å²) in [4.78, 5) is 12.9. The molecule has 9 heteroatoms. The van der Waals surface area contributed by atoms with Crippen molar-refractivity contribution < 1.29 is 39.8 Å². The normalized spacial score (nSPS) is 21.1. The molecule has 1 aliphatic heterocycles. The largest absolute Gasteiger partial charge is 0.394 e. The Bertz CT molecular complexity index is 1000. The number of amides is 1. The predicted octanol–water partition coefficient (Wildman–Crippen LogP) is 10.5. The fourth-order valence-electron chi connectivity index (χ4n) is 7.54. The fourth-order valence-corrected chi connectivity index (χ4v) is 7.54. The van der Waals surface area contributed by atoms with Crippen LogP contribution >= 0.6 is 0 Å². The Labute approximate surface area is 355 Å². The minimum Gasteiger partial charge on any atom is -0.394 e. The van der Waals surface area contributed by atoms with E-state index < -0.39 is 49.5 Å². The van der Waals surface area contributed by atoms with Gasteiger partial charge in [-0.2, -0.15) is 0 Å². The number of rotatable bonds is 40. The molecule has 0 aliphatic carbocycles. The van der Waals surface area contributed by atoms with Crippen LogP contribution in [0, 0.1) is 0 Å². The Balaban J connectivity index is 2.30. The zero-order chi connectivity index (χ0) is 42.3. The number of hydrogen-bond donors (Lipinski definition) is 6. The highest BCUT2D eigenvalue weighted by Gasteiger charge is 2.44. The van der Waals surface area contributed by atoms with Crippen molar-refractivity contribution in [3.05, 3.63) is 36.5 Å². The van der Waals surface area contributed by atoms with E-state index in [1.54, 1.807) is 6.08 Å². The summed E-state index contributed by atoms with van der Waals surface area (Å²) in [5.74, 6) is -0.193. The average molecular weight is 822 g/mol. The van der Waals surface area contributed by atoms with Gasteiger partial charge in [0.15, 0.2) is 6.29 Å². The molecule has 1 aliphatic rings. The summed E-state index contributed by atoms with van der Waals surface area (Å²) in [6.07, 6.45) is 42.1. The average Bonchev–Trinajstić information content (AvgIpc) is 3.22. The highest BCUT2D eigenvalue weighted by Crippen LogP contribution is 2.22. The van der Waals surface area contributed by atoms with Gasteiger partial charge in [-0.25, -0.2) is 0 Å².